The number of nitrogens with one attached hydrogen (secondary N) is 1. The molecule has 21 heavy (non-hydrogen) atoms. The van der Waals surface area contributed by atoms with E-state index in [1.807, 2.05) is 32.2 Å². The van der Waals surface area contributed by atoms with Crippen LogP contribution in [0, 0.1) is 6.92 Å². The lowest BCUT2D eigenvalue weighted by Crippen LogP contribution is -2.12. The maximum atomic E-state index is 11.9. The summed E-state index contributed by atoms with van der Waals surface area (Å²) in [5.41, 5.74) is 3.44. The quantitative estimate of drug-likeness (QED) is 0.839. The Morgan fingerprint density at radius 3 is 2.90 bits per heavy atom. The molecule has 1 aromatic heterocycles. The second kappa shape index (κ2) is 6.76. The first-order valence-electron chi connectivity index (χ1n) is 6.71. The van der Waals surface area contributed by atoms with Crippen molar-refractivity contribution >= 4 is 27.6 Å². The Morgan fingerprint density at radius 1 is 1.48 bits per heavy atom. The van der Waals surface area contributed by atoms with Crippen LogP contribution in [0.5, 0.6) is 0 Å². The molecule has 1 heterocycles. The highest BCUT2D eigenvalue weighted by atomic mass is 79.9. The summed E-state index contributed by atoms with van der Waals surface area (Å²) in [6.45, 7) is 4.68. The number of esters is 1. The highest BCUT2D eigenvalue weighted by molar-refractivity contribution is 9.10. The van der Waals surface area contributed by atoms with E-state index in [0.717, 1.165) is 15.9 Å². The normalized spacial score (nSPS) is 10.5. The van der Waals surface area contributed by atoms with E-state index in [1.165, 1.54) is 5.56 Å². The van der Waals surface area contributed by atoms with Gasteiger partial charge in [0.2, 0.25) is 0 Å². The number of aromatic nitrogens is 2. The lowest BCUT2D eigenvalue weighted by atomic mass is 10.2. The zero-order valence-corrected chi connectivity index (χ0v) is 13.9. The second-order valence-corrected chi connectivity index (χ2v) is 5.52. The maximum absolute atomic E-state index is 11.9. The van der Waals surface area contributed by atoms with Crippen molar-refractivity contribution in [1.29, 1.82) is 0 Å². The molecule has 5 nitrogen and oxygen atoms in total. The molecular weight excluding hydrogens is 334 g/mol. The van der Waals surface area contributed by atoms with Crippen LogP contribution < -0.4 is 5.32 Å². The number of hydrogen-bond acceptors (Lipinski definition) is 4. The van der Waals surface area contributed by atoms with Crippen LogP contribution >= 0.6 is 15.9 Å². The molecule has 0 amide bonds. The zero-order chi connectivity index (χ0) is 15.4. The highest BCUT2D eigenvalue weighted by Gasteiger charge is 2.16. The largest absolute Gasteiger partial charge is 0.462 e. The minimum Gasteiger partial charge on any atom is -0.462 e. The number of hydrogen-bond donors (Lipinski definition) is 1. The minimum absolute atomic E-state index is 0.340. The average molecular weight is 352 g/mol. The molecule has 0 aliphatic rings. The Kier molecular flexibility index (Phi) is 5.01. The van der Waals surface area contributed by atoms with Crippen molar-refractivity contribution in [2.75, 3.05) is 11.9 Å². The van der Waals surface area contributed by atoms with E-state index in [2.05, 4.69) is 26.3 Å². The fourth-order valence-electron chi connectivity index (χ4n) is 1.94. The predicted molar refractivity (Wildman–Crippen MR) is 85.4 cm³/mol. The van der Waals surface area contributed by atoms with Gasteiger partial charge in [-0.05, 0) is 31.5 Å². The molecule has 0 saturated heterocycles. The van der Waals surface area contributed by atoms with E-state index in [-0.39, 0.29) is 5.97 Å². The van der Waals surface area contributed by atoms with Crippen LogP contribution in [0.25, 0.3) is 0 Å². The average Bonchev–Trinajstić information content (AvgIpc) is 2.82. The van der Waals surface area contributed by atoms with Gasteiger partial charge in [-0.1, -0.05) is 22.0 Å². The number of anilines is 1. The number of carbonyl (C=O) groups is 1. The van der Waals surface area contributed by atoms with Crippen LogP contribution in [0.3, 0.4) is 0 Å². The lowest BCUT2D eigenvalue weighted by Gasteiger charge is -2.10. The Bertz CT molecular complexity index is 652. The second-order valence-electron chi connectivity index (χ2n) is 4.67. The van der Waals surface area contributed by atoms with Crippen molar-refractivity contribution in [2.45, 2.75) is 20.4 Å². The molecule has 0 radical (unpaired) electrons. The molecule has 0 atom stereocenters. The molecule has 0 spiro atoms. The van der Waals surface area contributed by atoms with E-state index < -0.39 is 0 Å². The molecule has 0 fully saturated rings. The predicted octanol–water partition coefficient (Wildman–Crippen LogP) is 3.28. The number of halogens is 1. The first-order valence-corrected chi connectivity index (χ1v) is 7.50. The number of nitrogens with zero attached hydrogens (tertiary/aromatic N) is 2. The van der Waals surface area contributed by atoms with Gasteiger partial charge in [0.1, 0.15) is 5.56 Å². The Morgan fingerprint density at radius 2 is 2.24 bits per heavy atom. The van der Waals surface area contributed by atoms with Crippen LogP contribution in [0.4, 0.5) is 5.69 Å². The third-order valence-electron chi connectivity index (χ3n) is 3.19. The first kappa shape index (κ1) is 15.6. The van der Waals surface area contributed by atoms with E-state index in [9.17, 15) is 4.79 Å². The molecule has 2 rings (SSSR count). The molecule has 112 valence electrons. The van der Waals surface area contributed by atoms with Crippen molar-refractivity contribution in [2.24, 2.45) is 7.05 Å². The van der Waals surface area contributed by atoms with Crippen molar-refractivity contribution < 1.29 is 9.53 Å². The van der Waals surface area contributed by atoms with Crippen molar-refractivity contribution in [3.8, 4) is 0 Å². The van der Waals surface area contributed by atoms with Gasteiger partial charge in [0.25, 0.3) is 0 Å². The molecule has 2 aromatic rings. The summed E-state index contributed by atoms with van der Waals surface area (Å²) < 4.78 is 7.77. The number of benzene rings is 1. The SMILES string of the molecule is CCOC(=O)c1cnn(C)c1CNc1ccc(C)c(Br)c1. The van der Waals surface area contributed by atoms with E-state index >= 15 is 0 Å². The van der Waals surface area contributed by atoms with Gasteiger partial charge in [-0.3, -0.25) is 4.68 Å². The zero-order valence-electron chi connectivity index (χ0n) is 12.3. The van der Waals surface area contributed by atoms with Crippen molar-refractivity contribution in [1.82, 2.24) is 9.78 Å². The molecule has 1 N–H and O–H groups in total. The molecule has 0 bridgehead atoms. The van der Waals surface area contributed by atoms with E-state index in [4.69, 9.17) is 4.74 Å². The monoisotopic (exact) mass is 351 g/mol. The highest BCUT2D eigenvalue weighted by Crippen LogP contribution is 2.21. The van der Waals surface area contributed by atoms with Crippen LogP contribution in [0.1, 0.15) is 28.5 Å². The van der Waals surface area contributed by atoms with Crippen LogP contribution in [0.15, 0.2) is 28.9 Å². The Hall–Kier alpha value is -1.82. The number of ether oxygens (including phenoxy) is 1. The van der Waals surface area contributed by atoms with Gasteiger partial charge in [0.15, 0.2) is 0 Å². The topological polar surface area (TPSA) is 56.1 Å². The first-order chi connectivity index (χ1) is 10.0. The fourth-order valence-corrected chi connectivity index (χ4v) is 2.32. The summed E-state index contributed by atoms with van der Waals surface area (Å²) in [5, 5.41) is 7.43. The maximum Gasteiger partial charge on any atom is 0.341 e. The summed E-state index contributed by atoms with van der Waals surface area (Å²) in [6, 6.07) is 6.04. The molecule has 0 saturated carbocycles. The molecule has 1 aromatic carbocycles. The van der Waals surface area contributed by atoms with Gasteiger partial charge >= 0.3 is 5.97 Å². The molecule has 6 heteroatoms. The van der Waals surface area contributed by atoms with Crippen LogP contribution in [0.2, 0.25) is 0 Å². The minimum atomic E-state index is -0.340. The summed E-state index contributed by atoms with van der Waals surface area (Å²) >= 11 is 3.51. The van der Waals surface area contributed by atoms with Crippen LogP contribution in [-0.4, -0.2) is 22.4 Å². The standard InChI is InChI=1S/C15H18BrN3O2/c1-4-21-15(20)12-8-18-19(3)14(12)9-17-11-6-5-10(2)13(16)7-11/h5-8,17H,4,9H2,1-3H3. The lowest BCUT2D eigenvalue weighted by molar-refractivity contribution is 0.0525. The molecular formula is C15H18BrN3O2. The van der Waals surface area contributed by atoms with E-state index in [0.29, 0.717) is 18.7 Å². The van der Waals surface area contributed by atoms with Gasteiger partial charge in [0, 0.05) is 17.2 Å². The third-order valence-corrected chi connectivity index (χ3v) is 4.04. The summed E-state index contributed by atoms with van der Waals surface area (Å²) in [5.74, 6) is -0.340. The van der Waals surface area contributed by atoms with Crippen molar-refractivity contribution in [3.63, 3.8) is 0 Å². The number of rotatable bonds is 5. The Labute approximate surface area is 132 Å². The van der Waals surface area contributed by atoms with Gasteiger partial charge in [-0.15, -0.1) is 0 Å². The summed E-state index contributed by atoms with van der Waals surface area (Å²) in [6.07, 6.45) is 1.54. The van der Waals surface area contributed by atoms with Gasteiger partial charge in [0.05, 0.1) is 25.0 Å². The number of aryl methyl sites for hydroxylation is 2. The summed E-state index contributed by atoms with van der Waals surface area (Å²) in [7, 11) is 1.81. The smallest absolute Gasteiger partial charge is 0.341 e. The van der Waals surface area contributed by atoms with Gasteiger partial charge in [-0.25, -0.2) is 4.79 Å². The molecule has 0 aliphatic carbocycles. The Balaban J connectivity index is 2.14. The van der Waals surface area contributed by atoms with Gasteiger partial charge in [-0.2, -0.15) is 5.10 Å². The number of carbonyl (C=O) groups excluding carboxylic acids is 1. The van der Waals surface area contributed by atoms with Gasteiger partial charge < -0.3 is 10.1 Å². The van der Waals surface area contributed by atoms with E-state index in [1.54, 1.807) is 17.8 Å². The van der Waals surface area contributed by atoms with Crippen molar-refractivity contribution in [3.05, 3.63) is 45.7 Å². The van der Waals surface area contributed by atoms with Crippen LogP contribution in [-0.2, 0) is 18.3 Å². The summed E-state index contributed by atoms with van der Waals surface area (Å²) in [4.78, 5) is 11.9. The molecule has 0 aliphatic heterocycles. The molecule has 0 unspecified atom stereocenters. The third kappa shape index (κ3) is 3.64. The fraction of sp³-hybridized carbons (Fsp3) is 0.333.